The summed E-state index contributed by atoms with van der Waals surface area (Å²) in [6.07, 6.45) is 7.31. The van der Waals surface area contributed by atoms with Crippen LogP contribution in [0.5, 0.6) is 0 Å². The van der Waals surface area contributed by atoms with Gasteiger partial charge in [-0.1, -0.05) is 17.7 Å². The molecule has 3 aromatic rings. The van der Waals surface area contributed by atoms with E-state index in [0.717, 1.165) is 23.2 Å². The monoisotopic (exact) mass is 323 g/mol. The minimum atomic E-state index is -0.116. The maximum absolute atomic E-state index is 12.4. The van der Waals surface area contributed by atoms with E-state index in [2.05, 4.69) is 15.5 Å². The fourth-order valence-electron chi connectivity index (χ4n) is 2.54. The van der Waals surface area contributed by atoms with Crippen molar-refractivity contribution in [1.29, 1.82) is 0 Å². The van der Waals surface area contributed by atoms with Crippen LogP contribution in [0.3, 0.4) is 0 Å². The summed E-state index contributed by atoms with van der Waals surface area (Å²) in [7, 11) is 0. The fourth-order valence-corrected chi connectivity index (χ4v) is 2.54. The van der Waals surface area contributed by atoms with Gasteiger partial charge in [0.05, 0.1) is 24.6 Å². The van der Waals surface area contributed by atoms with Crippen molar-refractivity contribution in [1.82, 2.24) is 19.6 Å². The Hall–Kier alpha value is -2.89. The van der Waals surface area contributed by atoms with Crippen molar-refractivity contribution in [3.8, 4) is 0 Å². The van der Waals surface area contributed by atoms with Crippen LogP contribution in [0.25, 0.3) is 0 Å². The van der Waals surface area contributed by atoms with Crippen molar-refractivity contribution in [3.63, 3.8) is 0 Å². The van der Waals surface area contributed by atoms with E-state index in [1.165, 1.54) is 0 Å². The van der Waals surface area contributed by atoms with Crippen LogP contribution >= 0.6 is 0 Å². The minimum Gasteiger partial charge on any atom is -0.319 e. The van der Waals surface area contributed by atoms with E-state index in [1.54, 1.807) is 10.9 Å². The SMILES string of the molecule is CCn1cc(Cn2cc(NC(=O)c3cc(C)ccc3C)cn2)cn1. The predicted molar refractivity (Wildman–Crippen MR) is 93.1 cm³/mol. The standard InChI is InChI=1S/C18H21N5O/c1-4-22-10-15(8-19-22)11-23-12-16(9-20-23)21-18(24)17-7-13(2)5-6-14(17)3/h5-10,12H,4,11H2,1-3H3,(H,21,24). The molecule has 0 spiro atoms. The summed E-state index contributed by atoms with van der Waals surface area (Å²) in [5.41, 5.74) is 4.47. The van der Waals surface area contributed by atoms with Crippen LogP contribution in [0.4, 0.5) is 5.69 Å². The summed E-state index contributed by atoms with van der Waals surface area (Å²) in [6.45, 7) is 7.43. The molecule has 124 valence electrons. The molecule has 1 aromatic carbocycles. The first-order chi connectivity index (χ1) is 11.5. The zero-order valence-electron chi connectivity index (χ0n) is 14.2. The van der Waals surface area contributed by atoms with Crippen molar-refractivity contribution in [2.45, 2.75) is 33.9 Å². The van der Waals surface area contributed by atoms with Gasteiger partial charge in [-0.05, 0) is 32.4 Å². The molecular weight excluding hydrogens is 302 g/mol. The summed E-state index contributed by atoms with van der Waals surface area (Å²) in [4.78, 5) is 12.4. The molecule has 3 rings (SSSR count). The molecule has 0 radical (unpaired) electrons. The van der Waals surface area contributed by atoms with Gasteiger partial charge in [0.15, 0.2) is 0 Å². The largest absolute Gasteiger partial charge is 0.319 e. The Labute approximate surface area is 141 Å². The molecule has 0 unspecified atom stereocenters. The van der Waals surface area contributed by atoms with Gasteiger partial charge >= 0.3 is 0 Å². The first kappa shape index (κ1) is 16.0. The third kappa shape index (κ3) is 3.53. The first-order valence-corrected chi connectivity index (χ1v) is 7.97. The van der Waals surface area contributed by atoms with Gasteiger partial charge in [0, 0.05) is 30.1 Å². The summed E-state index contributed by atoms with van der Waals surface area (Å²) < 4.78 is 3.66. The normalized spacial score (nSPS) is 10.8. The van der Waals surface area contributed by atoms with Crippen LogP contribution in [0.1, 0.15) is 34.0 Å². The molecule has 0 aliphatic heterocycles. The summed E-state index contributed by atoms with van der Waals surface area (Å²) in [5.74, 6) is -0.116. The Kier molecular flexibility index (Phi) is 4.46. The number of benzene rings is 1. The Morgan fingerprint density at radius 1 is 1.12 bits per heavy atom. The number of rotatable bonds is 5. The molecule has 1 N–H and O–H groups in total. The molecule has 0 fully saturated rings. The third-order valence-corrected chi connectivity index (χ3v) is 3.88. The van der Waals surface area contributed by atoms with E-state index < -0.39 is 0 Å². The van der Waals surface area contributed by atoms with Gasteiger partial charge in [0.2, 0.25) is 0 Å². The molecule has 0 atom stereocenters. The first-order valence-electron chi connectivity index (χ1n) is 7.97. The molecule has 0 saturated carbocycles. The van der Waals surface area contributed by atoms with Gasteiger partial charge in [0.25, 0.3) is 5.91 Å². The number of amides is 1. The van der Waals surface area contributed by atoms with Gasteiger partial charge in [-0.25, -0.2) is 0 Å². The minimum absolute atomic E-state index is 0.116. The van der Waals surface area contributed by atoms with Crippen LogP contribution in [-0.2, 0) is 13.1 Å². The summed E-state index contributed by atoms with van der Waals surface area (Å²) in [6, 6.07) is 5.86. The van der Waals surface area contributed by atoms with Crippen LogP contribution in [-0.4, -0.2) is 25.5 Å². The highest BCUT2D eigenvalue weighted by Gasteiger charge is 2.11. The lowest BCUT2D eigenvalue weighted by atomic mass is 10.1. The quantitative estimate of drug-likeness (QED) is 0.785. The van der Waals surface area contributed by atoms with E-state index in [-0.39, 0.29) is 5.91 Å². The number of carbonyl (C=O) groups is 1. The number of hydrogen-bond donors (Lipinski definition) is 1. The summed E-state index contributed by atoms with van der Waals surface area (Å²) >= 11 is 0. The van der Waals surface area contributed by atoms with Crippen LogP contribution in [0.2, 0.25) is 0 Å². The van der Waals surface area contributed by atoms with Crippen LogP contribution in [0, 0.1) is 13.8 Å². The second-order valence-electron chi connectivity index (χ2n) is 5.90. The molecule has 0 bridgehead atoms. The molecule has 0 saturated heterocycles. The number of nitrogens with one attached hydrogen (secondary N) is 1. The van der Waals surface area contributed by atoms with Gasteiger partial charge in [-0.2, -0.15) is 10.2 Å². The molecule has 6 heteroatoms. The smallest absolute Gasteiger partial charge is 0.256 e. The lowest BCUT2D eigenvalue weighted by Crippen LogP contribution is -2.13. The molecule has 2 heterocycles. The Morgan fingerprint density at radius 3 is 2.67 bits per heavy atom. The second kappa shape index (κ2) is 6.70. The van der Waals surface area contributed by atoms with Crippen molar-refractivity contribution in [2.75, 3.05) is 5.32 Å². The lowest BCUT2D eigenvalue weighted by molar-refractivity contribution is 0.102. The highest BCUT2D eigenvalue weighted by atomic mass is 16.1. The average molecular weight is 323 g/mol. The molecule has 0 aliphatic rings. The number of carbonyl (C=O) groups excluding carboxylic acids is 1. The maximum atomic E-state index is 12.4. The highest BCUT2D eigenvalue weighted by Crippen LogP contribution is 2.14. The van der Waals surface area contributed by atoms with E-state index in [9.17, 15) is 4.79 Å². The maximum Gasteiger partial charge on any atom is 0.256 e. The molecular formula is C18H21N5O. The van der Waals surface area contributed by atoms with Gasteiger partial charge in [-0.15, -0.1) is 0 Å². The molecule has 24 heavy (non-hydrogen) atoms. The fraction of sp³-hybridized carbons (Fsp3) is 0.278. The second-order valence-corrected chi connectivity index (χ2v) is 5.90. The van der Waals surface area contributed by atoms with Crippen molar-refractivity contribution in [3.05, 3.63) is 65.2 Å². The van der Waals surface area contributed by atoms with E-state index in [0.29, 0.717) is 17.8 Å². The number of aryl methyl sites for hydroxylation is 3. The molecule has 0 aliphatic carbocycles. The van der Waals surface area contributed by atoms with Crippen molar-refractivity contribution >= 4 is 11.6 Å². The molecule has 2 aromatic heterocycles. The zero-order valence-corrected chi connectivity index (χ0v) is 14.2. The highest BCUT2D eigenvalue weighted by molar-refractivity contribution is 6.05. The molecule has 1 amide bonds. The number of anilines is 1. The van der Waals surface area contributed by atoms with Gasteiger partial charge in [-0.3, -0.25) is 14.2 Å². The number of hydrogen-bond acceptors (Lipinski definition) is 3. The van der Waals surface area contributed by atoms with Crippen LogP contribution in [0.15, 0.2) is 43.0 Å². The summed E-state index contributed by atoms with van der Waals surface area (Å²) in [5, 5.41) is 11.5. The average Bonchev–Trinajstić information content (AvgIpc) is 3.19. The van der Waals surface area contributed by atoms with Crippen LogP contribution < -0.4 is 5.32 Å². The van der Waals surface area contributed by atoms with E-state index in [1.807, 2.05) is 62.2 Å². The van der Waals surface area contributed by atoms with E-state index in [4.69, 9.17) is 0 Å². The Morgan fingerprint density at radius 2 is 1.92 bits per heavy atom. The van der Waals surface area contributed by atoms with Gasteiger partial charge < -0.3 is 5.32 Å². The predicted octanol–water partition coefficient (Wildman–Crippen LogP) is 3.02. The Bertz CT molecular complexity index is 862. The number of nitrogens with zero attached hydrogens (tertiary/aromatic N) is 4. The Balaban J connectivity index is 1.69. The van der Waals surface area contributed by atoms with E-state index >= 15 is 0 Å². The zero-order chi connectivity index (χ0) is 17.1. The molecule has 6 nitrogen and oxygen atoms in total. The number of aromatic nitrogens is 4. The van der Waals surface area contributed by atoms with Crippen molar-refractivity contribution in [2.24, 2.45) is 0 Å². The van der Waals surface area contributed by atoms with Crippen molar-refractivity contribution < 1.29 is 4.79 Å². The van der Waals surface area contributed by atoms with Gasteiger partial charge in [0.1, 0.15) is 0 Å². The lowest BCUT2D eigenvalue weighted by Gasteiger charge is -2.07. The third-order valence-electron chi connectivity index (χ3n) is 3.88. The topological polar surface area (TPSA) is 64.7 Å².